The van der Waals surface area contributed by atoms with E-state index in [4.69, 9.17) is 9.47 Å². The lowest BCUT2D eigenvalue weighted by Gasteiger charge is -2.38. The standard InChI is InChI=1S/C14H18N2O4/c17-16(18)13-4-2-12(3-5-13)10-15-7-1-6-14(11-15)19-8-9-20-14/h2-5H,1,6-11H2. The molecule has 2 saturated heterocycles. The molecule has 2 aliphatic heterocycles. The van der Waals surface area contributed by atoms with Gasteiger partial charge < -0.3 is 9.47 Å². The van der Waals surface area contributed by atoms with Crippen molar-refractivity contribution in [2.24, 2.45) is 0 Å². The Morgan fingerprint density at radius 3 is 2.60 bits per heavy atom. The zero-order valence-corrected chi connectivity index (χ0v) is 11.3. The maximum Gasteiger partial charge on any atom is 0.269 e. The summed E-state index contributed by atoms with van der Waals surface area (Å²) in [5.41, 5.74) is 1.21. The summed E-state index contributed by atoms with van der Waals surface area (Å²) in [6.45, 7) is 3.89. The number of hydrogen-bond donors (Lipinski definition) is 0. The lowest BCUT2D eigenvalue weighted by Crippen LogP contribution is -2.48. The van der Waals surface area contributed by atoms with Gasteiger partial charge in [-0.05, 0) is 18.5 Å². The van der Waals surface area contributed by atoms with Gasteiger partial charge in [-0.25, -0.2) is 0 Å². The van der Waals surface area contributed by atoms with E-state index in [1.54, 1.807) is 12.1 Å². The minimum Gasteiger partial charge on any atom is -0.346 e. The molecule has 0 aliphatic carbocycles. The molecule has 20 heavy (non-hydrogen) atoms. The van der Waals surface area contributed by atoms with E-state index in [-0.39, 0.29) is 10.6 Å². The Morgan fingerprint density at radius 1 is 1.25 bits per heavy atom. The van der Waals surface area contributed by atoms with Crippen LogP contribution in [0, 0.1) is 10.1 Å². The van der Waals surface area contributed by atoms with Crippen molar-refractivity contribution in [2.45, 2.75) is 25.2 Å². The first-order chi connectivity index (χ1) is 9.67. The normalized spacial score (nSPS) is 22.2. The van der Waals surface area contributed by atoms with Crippen molar-refractivity contribution in [1.82, 2.24) is 4.90 Å². The van der Waals surface area contributed by atoms with Crippen LogP contribution in [0.1, 0.15) is 18.4 Å². The number of likely N-dealkylation sites (tertiary alicyclic amines) is 1. The molecule has 1 aromatic carbocycles. The van der Waals surface area contributed by atoms with E-state index in [0.717, 1.165) is 38.0 Å². The van der Waals surface area contributed by atoms with Crippen LogP contribution in [0.25, 0.3) is 0 Å². The van der Waals surface area contributed by atoms with Crippen LogP contribution in [-0.2, 0) is 16.0 Å². The SMILES string of the molecule is O=[N+]([O-])c1ccc(CN2CCCC3(C2)OCCO3)cc1. The molecule has 6 nitrogen and oxygen atoms in total. The molecular formula is C14H18N2O4. The molecule has 6 heteroatoms. The van der Waals surface area contributed by atoms with E-state index in [2.05, 4.69) is 4.90 Å². The summed E-state index contributed by atoms with van der Waals surface area (Å²) in [5, 5.41) is 10.6. The van der Waals surface area contributed by atoms with Gasteiger partial charge in [-0.2, -0.15) is 0 Å². The predicted octanol–water partition coefficient (Wildman–Crippen LogP) is 1.93. The van der Waals surface area contributed by atoms with E-state index in [1.807, 2.05) is 12.1 Å². The molecule has 2 fully saturated rings. The number of nitrogens with zero attached hydrogens (tertiary/aromatic N) is 2. The van der Waals surface area contributed by atoms with E-state index in [1.165, 1.54) is 0 Å². The van der Waals surface area contributed by atoms with Gasteiger partial charge in [0.05, 0.1) is 24.7 Å². The Kier molecular flexibility index (Phi) is 3.69. The fraction of sp³-hybridized carbons (Fsp3) is 0.571. The summed E-state index contributed by atoms with van der Waals surface area (Å²) >= 11 is 0. The first kappa shape index (κ1) is 13.5. The van der Waals surface area contributed by atoms with E-state index in [0.29, 0.717) is 13.2 Å². The van der Waals surface area contributed by atoms with Crippen LogP contribution in [0.2, 0.25) is 0 Å². The first-order valence-corrected chi connectivity index (χ1v) is 6.91. The van der Waals surface area contributed by atoms with Gasteiger partial charge in [-0.1, -0.05) is 12.1 Å². The first-order valence-electron chi connectivity index (χ1n) is 6.91. The maximum absolute atomic E-state index is 10.6. The molecule has 0 saturated carbocycles. The summed E-state index contributed by atoms with van der Waals surface area (Å²) in [4.78, 5) is 12.5. The van der Waals surface area contributed by atoms with Crippen LogP contribution >= 0.6 is 0 Å². The number of piperidine rings is 1. The van der Waals surface area contributed by atoms with Crippen LogP contribution in [0.15, 0.2) is 24.3 Å². The van der Waals surface area contributed by atoms with Gasteiger partial charge >= 0.3 is 0 Å². The van der Waals surface area contributed by atoms with Crippen molar-refractivity contribution in [3.8, 4) is 0 Å². The minimum absolute atomic E-state index is 0.131. The van der Waals surface area contributed by atoms with Crippen LogP contribution in [0.3, 0.4) is 0 Å². The van der Waals surface area contributed by atoms with E-state index in [9.17, 15) is 10.1 Å². The highest BCUT2D eigenvalue weighted by Gasteiger charge is 2.40. The van der Waals surface area contributed by atoms with Gasteiger partial charge in [-0.15, -0.1) is 0 Å². The van der Waals surface area contributed by atoms with E-state index < -0.39 is 5.79 Å². The summed E-state index contributed by atoms with van der Waals surface area (Å²) in [6, 6.07) is 6.74. The number of nitro benzene ring substituents is 1. The van der Waals surface area contributed by atoms with Crippen LogP contribution in [-0.4, -0.2) is 41.9 Å². The van der Waals surface area contributed by atoms with Crippen LogP contribution in [0.4, 0.5) is 5.69 Å². The zero-order chi connectivity index (χ0) is 14.0. The van der Waals surface area contributed by atoms with Crippen molar-refractivity contribution in [1.29, 1.82) is 0 Å². The average molecular weight is 278 g/mol. The molecule has 0 unspecified atom stereocenters. The second kappa shape index (κ2) is 5.47. The van der Waals surface area contributed by atoms with Crippen molar-refractivity contribution in [2.75, 3.05) is 26.3 Å². The van der Waals surface area contributed by atoms with Gasteiger partial charge in [0, 0.05) is 25.1 Å². The highest BCUT2D eigenvalue weighted by molar-refractivity contribution is 5.32. The fourth-order valence-corrected chi connectivity index (χ4v) is 2.92. The third-order valence-corrected chi connectivity index (χ3v) is 3.86. The molecule has 3 rings (SSSR count). The molecule has 0 N–H and O–H groups in total. The summed E-state index contributed by atoms with van der Waals surface area (Å²) < 4.78 is 11.5. The third-order valence-electron chi connectivity index (χ3n) is 3.86. The van der Waals surface area contributed by atoms with Crippen LogP contribution < -0.4 is 0 Å². The lowest BCUT2D eigenvalue weighted by atomic mass is 10.0. The van der Waals surface area contributed by atoms with Crippen molar-refractivity contribution in [3.05, 3.63) is 39.9 Å². The monoisotopic (exact) mass is 278 g/mol. The van der Waals surface area contributed by atoms with Crippen molar-refractivity contribution < 1.29 is 14.4 Å². The summed E-state index contributed by atoms with van der Waals surface area (Å²) in [6.07, 6.45) is 2.00. The Balaban J connectivity index is 1.63. The topological polar surface area (TPSA) is 64.8 Å². The van der Waals surface area contributed by atoms with Crippen molar-refractivity contribution in [3.63, 3.8) is 0 Å². The molecule has 0 aromatic heterocycles. The van der Waals surface area contributed by atoms with Gasteiger partial charge in [0.2, 0.25) is 0 Å². The molecule has 1 aromatic rings. The van der Waals surface area contributed by atoms with Crippen molar-refractivity contribution >= 4 is 5.69 Å². The Labute approximate surface area is 117 Å². The second-order valence-corrected chi connectivity index (χ2v) is 5.35. The average Bonchev–Trinajstić information content (AvgIpc) is 2.87. The molecule has 2 aliphatic rings. The molecule has 1 spiro atoms. The van der Waals surface area contributed by atoms with Gasteiger partial charge in [0.15, 0.2) is 5.79 Å². The molecular weight excluding hydrogens is 260 g/mol. The number of non-ortho nitro benzene ring substituents is 1. The number of nitro groups is 1. The number of rotatable bonds is 3. The Hall–Kier alpha value is -1.50. The van der Waals surface area contributed by atoms with E-state index >= 15 is 0 Å². The van der Waals surface area contributed by atoms with Gasteiger partial charge in [-0.3, -0.25) is 15.0 Å². The molecule has 0 amide bonds. The molecule has 108 valence electrons. The highest BCUT2D eigenvalue weighted by Crippen LogP contribution is 2.30. The highest BCUT2D eigenvalue weighted by atomic mass is 16.7. The molecule has 0 atom stereocenters. The summed E-state index contributed by atoms with van der Waals surface area (Å²) in [7, 11) is 0. The quantitative estimate of drug-likeness (QED) is 0.624. The smallest absolute Gasteiger partial charge is 0.269 e. The Bertz CT molecular complexity index is 482. The zero-order valence-electron chi connectivity index (χ0n) is 11.3. The van der Waals surface area contributed by atoms with Crippen LogP contribution in [0.5, 0.6) is 0 Å². The molecule has 0 bridgehead atoms. The largest absolute Gasteiger partial charge is 0.346 e. The number of ether oxygens (including phenoxy) is 2. The third kappa shape index (κ3) is 2.82. The lowest BCUT2D eigenvalue weighted by molar-refractivity contribution is -0.384. The molecule has 0 radical (unpaired) electrons. The minimum atomic E-state index is -0.418. The fourth-order valence-electron chi connectivity index (χ4n) is 2.92. The Morgan fingerprint density at radius 2 is 1.95 bits per heavy atom. The van der Waals surface area contributed by atoms with Gasteiger partial charge in [0.1, 0.15) is 0 Å². The second-order valence-electron chi connectivity index (χ2n) is 5.35. The number of benzene rings is 1. The summed E-state index contributed by atoms with van der Waals surface area (Å²) in [5.74, 6) is -0.418. The van der Waals surface area contributed by atoms with Gasteiger partial charge in [0.25, 0.3) is 5.69 Å². The predicted molar refractivity (Wildman–Crippen MR) is 72.2 cm³/mol. The maximum atomic E-state index is 10.6. The number of hydrogen-bond acceptors (Lipinski definition) is 5. The molecule has 2 heterocycles.